The molecule has 4 heteroatoms. The Morgan fingerprint density at radius 3 is 2.10 bits per heavy atom. The van der Waals surface area contributed by atoms with Gasteiger partial charge in [-0.15, -0.1) is 0 Å². The number of hydrogen-bond donors (Lipinski definition) is 2. The molecule has 0 fully saturated rings. The Bertz CT molecular complexity index is 447. The van der Waals surface area contributed by atoms with Crippen LogP contribution < -0.4 is 10.6 Å². The third-order valence-corrected chi connectivity index (χ3v) is 3.16. The predicted octanol–water partition coefficient (Wildman–Crippen LogP) is 2.67. The fraction of sp³-hybridized carbons (Fsp3) is 0.500. The van der Waals surface area contributed by atoms with Crippen molar-refractivity contribution >= 4 is 17.5 Å². The quantitative estimate of drug-likeness (QED) is 0.752. The summed E-state index contributed by atoms with van der Waals surface area (Å²) < 4.78 is 0. The summed E-state index contributed by atoms with van der Waals surface area (Å²) in [6, 6.07) is 6.01. The molecular weight excluding hydrogens is 252 g/mol. The molecule has 0 spiro atoms. The van der Waals surface area contributed by atoms with Crippen molar-refractivity contribution in [3.05, 3.63) is 29.3 Å². The van der Waals surface area contributed by atoms with Crippen LogP contribution >= 0.6 is 0 Å². The lowest BCUT2D eigenvalue weighted by atomic mass is 10.0. The standard InChI is InChI=1S/C16H24N2O2/c1-4-10-17-14(19)11-15(20)18-16-12(5-2)8-7-9-13(16)6-3/h7-9H,4-6,10-11H2,1-3H3,(H,17,19)(H,18,20). The van der Waals surface area contributed by atoms with Gasteiger partial charge in [0.2, 0.25) is 11.8 Å². The lowest BCUT2D eigenvalue weighted by molar-refractivity contribution is -0.126. The molecule has 1 rings (SSSR count). The van der Waals surface area contributed by atoms with Crippen molar-refractivity contribution < 1.29 is 9.59 Å². The topological polar surface area (TPSA) is 58.2 Å². The van der Waals surface area contributed by atoms with Crippen LogP contribution in [0, 0.1) is 0 Å². The van der Waals surface area contributed by atoms with Crippen molar-refractivity contribution in [3.8, 4) is 0 Å². The van der Waals surface area contributed by atoms with Crippen LogP contribution in [0.1, 0.15) is 44.7 Å². The molecule has 0 saturated heterocycles. The summed E-state index contributed by atoms with van der Waals surface area (Å²) in [7, 11) is 0. The summed E-state index contributed by atoms with van der Waals surface area (Å²) in [5.41, 5.74) is 3.07. The maximum absolute atomic E-state index is 12.0. The number of amides is 2. The summed E-state index contributed by atoms with van der Waals surface area (Å²) in [6.07, 6.45) is 2.45. The van der Waals surface area contributed by atoms with Gasteiger partial charge in [-0.2, -0.15) is 0 Å². The van der Waals surface area contributed by atoms with Gasteiger partial charge in [-0.1, -0.05) is 39.0 Å². The van der Waals surface area contributed by atoms with Gasteiger partial charge in [0.05, 0.1) is 0 Å². The van der Waals surface area contributed by atoms with E-state index in [-0.39, 0.29) is 18.2 Å². The second-order valence-electron chi connectivity index (χ2n) is 4.73. The first-order chi connectivity index (χ1) is 9.62. The summed E-state index contributed by atoms with van der Waals surface area (Å²) >= 11 is 0. The Hall–Kier alpha value is -1.84. The summed E-state index contributed by atoms with van der Waals surface area (Å²) in [4.78, 5) is 23.5. The van der Waals surface area contributed by atoms with Crippen LogP contribution in [0.25, 0.3) is 0 Å². The molecule has 4 nitrogen and oxygen atoms in total. The van der Waals surface area contributed by atoms with E-state index in [1.807, 2.05) is 25.1 Å². The second-order valence-corrected chi connectivity index (χ2v) is 4.73. The lowest BCUT2D eigenvalue weighted by Gasteiger charge is -2.14. The van der Waals surface area contributed by atoms with Crippen LogP contribution in [-0.4, -0.2) is 18.4 Å². The van der Waals surface area contributed by atoms with Gasteiger partial charge in [0.1, 0.15) is 6.42 Å². The maximum atomic E-state index is 12.0. The van der Waals surface area contributed by atoms with E-state index in [1.165, 1.54) is 0 Å². The Morgan fingerprint density at radius 1 is 1.00 bits per heavy atom. The normalized spacial score (nSPS) is 10.2. The van der Waals surface area contributed by atoms with Gasteiger partial charge >= 0.3 is 0 Å². The van der Waals surface area contributed by atoms with E-state index < -0.39 is 0 Å². The molecule has 0 aliphatic carbocycles. The molecule has 0 aliphatic heterocycles. The van der Waals surface area contributed by atoms with Crippen LogP contribution in [0.5, 0.6) is 0 Å². The number of carbonyl (C=O) groups excluding carboxylic acids is 2. The zero-order valence-electron chi connectivity index (χ0n) is 12.6. The molecule has 0 aliphatic rings. The number of benzene rings is 1. The molecule has 20 heavy (non-hydrogen) atoms. The number of nitrogens with one attached hydrogen (secondary N) is 2. The summed E-state index contributed by atoms with van der Waals surface area (Å²) in [5.74, 6) is -0.481. The lowest BCUT2D eigenvalue weighted by Crippen LogP contribution is -2.29. The van der Waals surface area contributed by atoms with Crippen molar-refractivity contribution in [2.45, 2.75) is 46.5 Å². The number of rotatable bonds is 7. The van der Waals surface area contributed by atoms with Gasteiger partial charge in [0, 0.05) is 12.2 Å². The fourth-order valence-electron chi connectivity index (χ4n) is 2.06. The van der Waals surface area contributed by atoms with E-state index in [0.29, 0.717) is 6.54 Å². The number of anilines is 1. The molecule has 110 valence electrons. The van der Waals surface area contributed by atoms with E-state index in [4.69, 9.17) is 0 Å². The minimum atomic E-state index is -0.255. The third-order valence-electron chi connectivity index (χ3n) is 3.16. The number of hydrogen-bond acceptors (Lipinski definition) is 2. The molecule has 0 unspecified atom stereocenters. The fourth-order valence-corrected chi connectivity index (χ4v) is 2.06. The monoisotopic (exact) mass is 276 g/mol. The van der Waals surface area contributed by atoms with E-state index in [9.17, 15) is 9.59 Å². The first kappa shape index (κ1) is 16.2. The molecule has 1 aromatic carbocycles. The van der Waals surface area contributed by atoms with Crippen molar-refractivity contribution in [1.29, 1.82) is 0 Å². The van der Waals surface area contributed by atoms with Crippen LogP contribution in [0.15, 0.2) is 18.2 Å². The molecule has 0 saturated carbocycles. The highest BCUT2D eigenvalue weighted by Gasteiger charge is 2.13. The molecule has 0 aromatic heterocycles. The van der Waals surface area contributed by atoms with Crippen LogP contribution in [0.4, 0.5) is 5.69 Å². The van der Waals surface area contributed by atoms with Crippen LogP contribution in [-0.2, 0) is 22.4 Å². The van der Waals surface area contributed by atoms with Gasteiger partial charge in [-0.25, -0.2) is 0 Å². The highest BCUT2D eigenvalue weighted by Crippen LogP contribution is 2.22. The molecular formula is C16H24N2O2. The molecule has 2 N–H and O–H groups in total. The molecule has 0 heterocycles. The molecule has 0 atom stereocenters. The van der Waals surface area contributed by atoms with E-state index in [1.54, 1.807) is 0 Å². The Morgan fingerprint density at radius 2 is 1.60 bits per heavy atom. The average Bonchev–Trinajstić information content (AvgIpc) is 2.45. The number of carbonyl (C=O) groups is 2. The van der Waals surface area contributed by atoms with Crippen molar-refractivity contribution in [1.82, 2.24) is 5.32 Å². The maximum Gasteiger partial charge on any atom is 0.233 e. The van der Waals surface area contributed by atoms with Gasteiger partial charge in [-0.3, -0.25) is 9.59 Å². The van der Waals surface area contributed by atoms with Gasteiger partial charge in [0.25, 0.3) is 0 Å². The third kappa shape index (κ3) is 4.68. The Balaban J connectivity index is 2.72. The molecule has 2 amide bonds. The van der Waals surface area contributed by atoms with Gasteiger partial charge in [0.15, 0.2) is 0 Å². The summed E-state index contributed by atoms with van der Waals surface area (Å²) in [5, 5.41) is 5.59. The first-order valence-corrected chi connectivity index (χ1v) is 7.29. The zero-order valence-corrected chi connectivity index (χ0v) is 12.6. The van der Waals surface area contributed by atoms with Crippen molar-refractivity contribution in [2.75, 3.05) is 11.9 Å². The van der Waals surface area contributed by atoms with E-state index in [0.717, 1.165) is 36.1 Å². The number of aryl methyl sites for hydroxylation is 2. The predicted molar refractivity (Wildman–Crippen MR) is 81.7 cm³/mol. The smallest absolute Gasteiger partial charge is 0.233 e. The SMILES string of the molecule is CCCNC(=O)CC(=O)Nc1c(CC)cccc1CC. The molecule has 0 bridgehead atoms. The Kier molecular flexibility index (Phi) is 6.77. The van der Waals surface area contributed by atoms with E-state index in [2.05, 4.69) is 24.5 Å². The minimum absolute atomic E-state index is 0.124. The zero-order chi connectivity index (χ0) is 15.0. The van der Waals surface area contributed by atoms with Gasteiger partial charge in [-0.05, 0) is 30.4 Å². The molecule has 0 radical (unpaired) electrons. The largest absolute Gasteiger partial charge is 0.356 e. The highest BCUT2D eigenvalue weighted by atomic mass is 16.2. The van der Waals surface area contributed by atoms with Crippen LogP contribution in [0.3, 0.4) is 0 Å². The van der Waals surface area contributed by atoms with E-state index >= 15 is 0 Å². The van der Waals surface area contributed by atoms with Crippen LogP contribution in [0.2, 0.25) is 0 Å². The molecule has 1 aromatic rings. The minimum Gasteiger partial charge on any atom is -0.356 e. The summed E-state index contributed by atoms with van der Waals surface area (Å²) in [6.45, 7) is 6.69. The highest BCUT2D eigenvalue weighted by molar-refractivity contribution is 6.04. The first-order valence-electron chi connectivity index (χ1n) is 7.29. The second kappa shape index (κ2) is 8.35. The van der Waals surface area contributed by atoms with Crippen molar-refractivity contribution in [2.24, 2.45) is 0 Å². The van der Waals surface area contributed by atoms with Crippen molar-refractivity contribution in [3.63, 3.8) is 0 Å². The van der Waals surface area contributed by atoms with Gasteiger partial charge < -0.3 is 10.6 Å². The average molecular weight is 276 g/mol. The number of para-hydroxylation sites is 1. The Labute approximate surface area is 121 Å².